The second-order valence-corrected chi connectivity index (χ2v) is 10.6. The first-order valence-corrected chi connectivity index (χ1v) is 13.0. The first kappa shape index (κ1) is 25.0. The molecule has 1 aliphatic heterocycles. The molecule has 2 unspecified atom stereocenters. The molecule has 4 aromatic carbocycles. The molecule has 2 atom stereocenters. The Morgan fingerprint density at radius 2 is 1.72 bits per heavy atom. The number of fused-ring (bicyclic) bond motifs is 2. The maximum absolute atomic E-state index is 13.6. The molecule has 196 valence electrons. The zero-order valence-corrected chi connectivity index (χ0v) is 22.2. The quantitative estimate of drug-likeness (QED) is 0.295. The number of hydrogen-bond acceptors (Lipinski definition) is 4. The number of phenolic OH excluding ortho intramolecular Hbond substituents is 1. The summed E-state index contributed by atoms with van der Waals surface area (Å²) in [5.41, 5.74) is 5.89. The SMILES string of the molecule is COc1ccc(C2CC23C(=O)N(C)c2cc(Cl)c(-c4ccc(-c5ccccc5O)cc4)cc23)cc1CC(=O)O. The second kappa shape index (κ2) is 9.17. The average Bonchev–Trinajstić information content (AvgIpc) is 3.65. The molecule has 0 radical (unpaired) electrons. The van der Waals surface area contributed by atoms with Gasteiger partial charge in [-0.15, -0.1) is 0 Å². The van der Waals surface area contributed by atoms with E-state index in [4.69, 9.17) is 16.3 Å². The number of phenols is 1. The van der Waals surface area contributed by atoms with Crippen molar-refractivity contribution in [2.45, 2.75) is 24.2 Å². The molecule has 2 aliphatic rings. The van der Waals surface area contributed by atoms with Crippen LogP contribution in [0.5, 0.6) is 11.5 Å². The van der Waals surface area contributed by atoms with Gasteiger partial charge in [0.05, 0.1) is 24.0 Å². The van der Waals surface area contributed by atoms with E-state index in [2.05, 4.69) is 0 Å². The van der Waals surface area contributed by atoms with Crippen LogP contribution >= 0.6 is 11.6 Å². The van der Waals surface area contributed by atoms with Crippen LogP contribution in [0.15, 0.2) is 78.9 Å². The minimum absolute atomic E-state index is 0.0150. The maximum atomic E-state index is 13.6. The Hall–Kier alpha value is -4.29. The number of hydrogen-bond donors (Lipinski definition) is 2. The van der Waals surface area contributed by atoms with E-state index in [0.29, 0.717) is 22.8 Å². The van der Waals surface area contributed by atoms with Gasteiger partial charge in [-0.2, -0.15) is 0 Å². The summed E-state index contributed by atoms with van der Waals surface area (Å²) in [6.07, 6.45) is 0.479. The summed E-state index contributed by atoms with van der Waals surface area (Å²) >= 11 is 6.76. The smallest absolute Gasteiger partial charge is 0.307 e. The van der Waals surface area contributed by atoms with Crippen LogP contribution in [0.4, 0.5) is 5.69 Å². The number of likely N-dealkylation sites (N-methyl/N-ethyl adjacent to an activating group) is 1. The van der Waals surface area contributed by atoms with Crippen molar-refractivity contribution < 1.29 is 24.5 Å². The van der Waals surface area contributed by atoms with Crippen molar-refractivity contribution in [3.63, 3.8) is 0 Å². The molecule has 7 heteroatoms. The van der Waals surface area contributed by atoms with Gasteiger partial charge in [-0.25, -0.2) is 0 Å². The van der Waals surface area contributed by atoms with Crippen LogP contribution in [0.2, 0.25) is 5.02 Å². The number of carbonyl (C=O) groups excluding carboxylic acids is 1. The molecule has 1 spiro atoms. The third kappa shape index (κ3) is 3.94. The molecule has 39 heavy (non-hydrogen) atoms. The van der Waals surface area contributed by atoms with Crippen molar-refractivity contribution in [2.75, 3.05) is 19.1 Å². The van der Waals surface area contributed by atoms with Gasteiger partial charge in [0.2, 0.25) is 5.91 Å². The zero-order chi connectivity index (χ0) is 27.5. The standard InChI is InChI=1S/C32H26ClNO5/c1-34-27-16-26(33)23(19-9-7-18(8-10-19)22-5-3-4-6-28(22)35)15-24(27)32(31(34)38)17-25(32)20-11-12-29(39-2)21(13-20)14-30(36)37/h3-13,15-16,25,35H,14,17H2,1-2H3,(H,36,37). The van der Waals surface area contributed by atoms with Crippen LogP contribution in [-0.4, -0.2) is 36.2 Å². The highest BCUT2D eigenvalue weighted by Crippen LogP contribution is 2.67. The second-order valence-electron chi connectivity index (χ2n) is 10.2. The Balaban J connectivity index is 1.39. The third-order valence-corrected chi connectivity index (χ3v) is 8.35. The van der Waals surface area contributed by atoms with E-state index >= 15 is 0 Å². The van der Waals surface area contributed by atoms with Crippen molar-refractivity contribution in [1.82, 2.24) is 0 Å². The fourth-order valence-corrected chi connectivity index (χ4v) is 6.27. The largest absolute Gasteiger partial charge is 0.507 e. The van der Waals surface area contributed by atoms with Crippen molar-refractivity contribution in [2.24, 2.45) is 0 Å². The maximum Gasteiger partial charge on any atom is 0.307 e. The number of ether oxygens (including phenoxy) is 1. The number of aliphatic carboxylic acids is 1. The summed E-state index contributed by atoms with van der Waals surface area (Å²) in [6, 6.07) is 24.5. The van der Waals surface area contributed by atoms with Gasteiger partial charge >= 0.3 is 5.97 Å². The Bertz CT molecular complexity index is 1650. The molecule has 6 rings (SSSR count). The molecule has 1 heterocycles. The number of carbonyl (C=O) groups is 2. The van der Waals surface area contributed by atoms with Gasteiger partial charge in [0, 0.05) is 35.3 Å². The van der Waals surface area contributed by atoms with Crippen LogP contribution in [0.1, 0.15) is 29.0 Å². The number of carboxylic acids is 1. The number of methoxy groups -OCH3 is 1. The Labute approximate surface area is 231 Å². The third-order valence-electron chi connectivity index (χ3n) is 8.03. The summed E-state index contributed by atoms with van der Waals surface area (Å²) in [7, 11) is 3.29. The zero-order valence-electron chi connectivity index (χ0n) is 21.4. The van der Waals surface area contributed by atoms with Gasteiger partial charge in [-0.3, -0.25) is 9.59 Å². The molecule has 1 aliphatic carbocycles. The number of amides is 1. The summed E-state index contributed by atoms with van der Waals surface area (Å²) in [4.78, 5) is 26.7. The van der Waals surface area contributed by atoms with Crippen molar-refractivity contribution in [3.8, 4) is 33.8 Å². The molecule has 1 amide bonds. The number of anilines is 1. The average molecular weight is 540 g/mol. The van der Waals surface area contributed by atoms with Crippen LogP contribution < -0.4 is 9.64 Å². The first-order valence-electron chi connectivity index (χ1n) is 12.6. The van der Waals surface area contributed by atoms with Gasteiger partial charge in [-0.1, -0.05) is 66.2 Å². The molecule has 1 fully saturated rings. The first-order chi connectivity index (χ1) is 18.7. The lowest BCUT2D eigenvalue weighted by Crippen LogP contribution is -2.29. The highest BCUT2D eigenvalue weighted by molar-refractivity contribution is 6.34. The van der Waals surface area contributed by atoms with E-state index in [0.717, 1.165) is 39.1 Å². The van der Waals surface area contributed by atoms with Gasteiger partial charge in [0.25, 0.3) is 0 Å². The van der Waals surface area contributed by atoms with Crippen molar-refractivity contribution in [3.05, 3.63) is 101 Å². The van der Waals surface area contributed by atoms with E-state index in [1.54, 1.807) is 30.1 Å². The molecule has 4 aromatic rings. The van der Waals surface area contributed by atoms with Gasteiger partial charge in [0.1, 0.15) is 11.5 Å². The Morgan fingerprint density at radius 1 is 1.03 bits per heavy atom. The normalized spacial score (nSPS) is 19.3. The van der Waals surface area contributed by atoms with Crippen LogP contribution in [0.3, 0.4) is 0 Å². The summed E-state index contributed by atoms with van der Waals surface area (Å²) in [5, 5.41) is 20.1. The van der Waals surface area contributed by atoms with Crippen LogP contribution in [0.25, 0.3) is 22.3 Å². The number of aromatic hydroxyl groups is 1. The lowest BCUT2D eigenvalue weighted by Gasteiger charge is -2.14. The van der Waals surface area contributed by atoms with E-state index < -0.39 is 11.4 Å². The minimum Gasteiger partial charge on any atom is -0.507 e. The van der Waals surface area contributed by atoms with Gasteiger partial charge < -0.3 is 19.8 Å². The summed E-state index contributed by atoms with van der Waals surface area (Å²) < 4.78 is 5.37. The molecular weight excluding hydrogens is 514 g/mol. The molecule has 1 saturated carbocycles. The summed E-state index contributed by atoms with van der Waals surface area (Å²) in [5.74, 6) is -0.266. The number of halogens is 1. The number of benzene rings is 4. The van der Waals surface area contributed by atoms with E-state index in [1.165, 1.54) is 7.11 Å². The number of carboxylic acid groups (broad SMARTS) is 1. The molecule has 0 aromatic heterocycles. The minimum atomic E-state index is -0.939. The molecular formula is C32H26ClNO5. The van der Waals surface area contributed by atoms with Crippen molar-refractivity contribution in [1.29, 1.82) is 0 Å². The molecule has 6 nitrogen and oxygen atoms in total. The Morgan fingerprint density at radius 3 is 2.38 bits per heavy atom. The topological polar surface area (TPSA) is 87.1 Å². The number of para-hydroxylation sites is 1. The Kier molecular flexibility index (Phi) is 5.88. The van der Waals surface area contributed by atoms with E-state index in [9.17, 15) is 19.8 Å². The molecule has 0 bridgehead atoms. The van der Waals surface area contributed by atoms with E-state index in [-0.39, 0.29) is 24.0 Å². The lowest BCUT2D eigenvalue weighted by molar-refractivity contribution is -0.136. The predicted molar refractivity (Wildman–Crippen MR) is 151 cm³/mol. The molecule has 0 saturated heterocycles. The number of nitrogens with zero attached hydrogens (tertiary/aromatic N) is 1. The van der Waals surface area contributed by atoms with Crippen molar-refractivity contribution >= 4 is 29.2 Å². The fourth-order valence-electron chi connectivity index (χ4n) is 6.01. The highest BCUT2D eigenvalue weighted by atomic mass is 35.5. The van der Waals surface area contributed by atoms with Gasteiger partial charge in [-0.05, 0) is 52.9 Å². The number of rotatable bonds is 6. The lowest BCUT2D eigenvalue weighted by atomic mass is 9.89. The van der Waals surface area contributed by atoms with Gasteiger partial charge in [0.15, 0.2) is 0 Å². The van der Waals surface area contributed by atoms with E-state index in [1.807, 2.05) is 60.7 Å². The predicted octanol–water partition coefficient (Wildman–Crippen LogP) is 6.42. The monoisotopic (exact) mass is 539 g/mol. The molecule has 2 N–H and O–H groups in total. The fraction of sp³-hybridized carbons (Fsp3) is 0.188. The van der Waals surface area contributed by atoms with Crippen LogP contribution in [0, 0.1) is 0 Å². The highest BCUT2D eigenvalue weighted by Gasteiger charge is 2.66. The summed E-state index contributed by atoms with van der Waals surface area (Å²) in [6.45, 7) is 0. The van der Waals surface area contributed by atoms with Crippen LogP contribution in [-0.2, 0) is 21.4 Å².